The van der Waals surface area contributed by atoms with E-state index >= 15 is 0 Å². The van der Waals surface area contributed by atoms with E-state index < -0.39 is 5.97 Å². The summed E-state index contributed by atoms with van der Waals surface area (Å²) in [6.45, 7) is 6.98. The molecule has 0 radical (unpaired) electrons. The molecule has 0 N–H and O–H groups in total. The molecule has 0 aliphatic carbocycles. The Balaban J connectivity index is 1.49. The zero-order chi connectivity index (χ0) is 26.3. The van der Waals surface area contributed by atoms with Crippen molar-refractivity contribution in [2.24, 2.45) is 5.16 Å². The highest BCUT2D eigenvalue weighted by Gasteiger charge is 2.27. The molecule has 3 aromatic carbocycles. The summed E-state index contributed by atoms with van der Waals surface area (Å²) in [6, 6.07) is 32.7. The van der Waals surface area contributed by atoms with Crippen LogP contribution in [-0.4, -0.2) is 29.3 Å². The van der Waals surface area contributed by atoms with Crippen LogP contribution in [0.3, 0.4) is 0 Å². The van der Waals surface area contributed by atoms with Crippen LogP contribution in [0, 0.1) is 0 Å². The molecular weight excluding hydrogens is 470 g/mol. The molecule has 5 rings (SSSR count). The van der Waals surface area contributed by atoms with Crippen LogP contribution < -0.4 is 4.90 Å². The molecular formula is C33H31N3O2. The van der Waals surface area contributed by atoms with Gasteiger partial charge < -0.3 is 14.3 Å². The van der Waals surface area contributed by atoms with Crippen molar-refractivity contribution in [3.05, 3.63) is 131 Å². The Bertz CT molecular complexity index is 1480. The first kappa shape index (κ1) is 25.0. The van der Waals surface area contributed by atoms with Gasteiger partial charge in [-0.1, -0.05) is 84.0 Å². The molecule has 190 valence electrons. The van der Waals surface area contributed by atoms with E-state index in [-0.39, 0.29) is 0 Å². The maximum atomic E-state index is 12.6. The van der Waals surface area contributed by atoms with Crippen molar-refractivity contribution in [2.45, 2.75) is 20.4 Å². The highest BCUT2D eigenvalue weighted by molar-refractivity contribution is 6.31. The minimum absolute atomic E-state index is 0.443. The SMILES string of the molecule is CCN(CC)c1ccc(/C=C/c2ccc(/C=C3\C(=O)ON=C3c3ccccc3)n2Cc2ccccc2)cc1. The first-order valence-corrected chi connectivity index (χ1v) is 13.0. The van der Waals surface area contributed by atoms with Crippen LogP contribution in [0.25, 0.3) is 18.2 Å². The van der Waals surface area contributed by atoms with Crippen molar-refractivity contribution in [3.63, 3.8) is 0 Å². The lowest BCUT2D eigenvalue weighted by atomic mass is 10.0. The molecule has 1 aromatic heterocycles. The maximum Gasteiger partial charge on any atom is 0.368 e. The number of hydrogen-bond donors (Lipinski definition) is 0. The molecule has 0 atom stereocenters. The number of aromatic nitrogens is 1. The fraction of sp³-hybridized carbons (Fsp3) is 0.152. The van der Waals surface area contributed by atoms with Crippen LogP contribution in [0.15, 0.2) is 108 Å². The van der Waals surface area contributed by atoms with Gasteiger partial charge in [-0.25, -0.2) is 4.79 Å². The highest BCUT2D eigenvalue weighted by atomic mass is 16.7. The molecule has 0 saturated carbocycles. The third-order valence-corrected chi connectivity index (χ3v) is 6.73. The summed E-state index contributed by atoms with van der Waals surface area (Å²) in [5, 5.41) is 4.06. The Hall–Kier alpha value is -4.64. The second-order valence-electron chi connectivity index (χ2n) is 9.09. The summed E-state index contributed by atoms with van der Waals surface area (Å²) in [5.74, 6) is -0.443. The Morgan fingerprint density at radius 2 is 1.45 bits per heavy atom. The van der Waals surface area contributed by atoms with Crippen molar-refractivity contribution in [3.8, 4) is 0 Å². The number of benzene rings is 3. The zero-order valence-electron chi connectivity index (χ0n) is 21.7. The van der Waals surface area contributed by atoms with Crippen LogP contribution in [0.1, 0.15) is 41.9 Å². The van der Waals surface area contributed by atoms with Crippen molar-refractivity contribution in [1.29, 1.82) is 0 Å². The van der Waals surface area contributed by atoms with Crippen LogP contribution >= 0.6 is 0 Å². The third-order valence-electron chi connectivity index (χ3n) is 6.73. The van der Waals surface area contributed by atoms with E-state index in [0.29, 0.717) is 17.8 Å². The third kappa shape index (κ3) is 5.52. The van der Waals surface area contributed by atoms with E-state index in [1.165, 1.54) is 11.3 Å². The molecule has 0 spiro atoms. The number of rotatable bonds is 9. The first-order chi connectivity index (χ1) is 18.7. The number of carbonyl (C=O) groups excluding carboxylic acids is 1. The fourth-order valence-corrected chi connectivity index (χ4v) is 4.65. The zero-order valence-corrected chi connectivity index (χ0v) is 21.7. The highest BCUT2D eigenvalue weighted by Crippen LogP contribution is 2.24. The second-order valence-corrected chi connectivity index (χ2v) is 9.09. The average molecular weight is 502 g/mol. The van der Waals surface area contributed by atoms with Gasteiger partial charge in [0.15, 0.2) is 0 Å². The Labute approximate surface area is 224 Å². The van der Waals surface area contributed by atoms with Gasteiger partial charge in [0, 0.05) is 42.3 Å². The molecule has 38 heavy (non-hydrogen) atoms. The summed E-state index contributed by atoms with van der Waals surface area (Å²) >= 11 is 0. The summed E-state index contributed by atoms with van der Waals surface area (Å²) in [6.07, 6.45) is 6.12. The molecule has 0 fully saturated rings. The largest absolute Gasteiger partial charge is 0.372 e. The quantitative estimate of drug-likeness (QED) is 0.185. The Kier molecular flexibility index (Phi) is 7.65. The van der Waals surface area contributed by atoms with Crippen molar-refractivity contribution in [2.75, 3.05) is 18.0 Å². The van der Waals surface area contributed by atoms with Crippen LogP contribution in [0.5, 0.6) is 0 Å². The Morgan fingerprint density at radius 1 is 0.789 bits per heavy atom. The summed E-state index contributed by atoms with van der Waals surface area (Å²) in [7, 11) is 0. The normalized spacial score (nSPS) is 14.2. The number of anilines is 1. The van der Waals surface area contributed by atoms with Gasteiger partial charge in [-0.15, -0.1) is 0 Å². The van der Waals surface area contributed by atoms with Gasteiger partial charge in [0.1, 0.15) is 5.71 Å². The molecule has 0 unspecified atom stereocenters. The summed E-state index contributed by atoms with van der Waals surface area (Å²) < 4.78 is 2.21. The van der Waals surface area contributed by atoms with E-state index in [9.17, 15) is 4.79 Å². The molecule has 1 aliphatic heterocycles. The van der Waals surface area contributed by atoms with E-state index in [4.69, 9.17) is 4.84 Å². The standard InChI is InChI=1S/C33H31N3O2/c1-3-35(4-2)28-18-15-25(16-19-28)17-20-29-21-22-30(36(29)24-26-11-7-5-8-12-26)23-31-32(34-38-33(31)37)27-13-9-6-10-14-27/h5-23H,3-4,24H2,1-2H3/b20-17+,31-23-. The molecule has 5 nitrogen and oxygen atoms in total. The van der Waals surface area contributed by atoms with Crippen LogP contribution in [0.4, 0.5) is 5.69 Å². The van der Waals surface area contributed by atoms with Gasteiger partial charge in [0.05, 0.1) is 5.57 Å². The lowest BCUT2D eigenvalue weighted by Gasteiger charge is -2.20. The lowest BCUT2D eigenvalue weighted by molar-refractivity contribution is -0.136. The summed E-state index contributed by atoms with van der Waals surface area (Å²) in [4.78, 5) is 20.0. The molecule has 0 amide bonds. The smallest absolute Gasteiger partial charge is 0.368 e. The molecule has 4 aromatic rings. The van der Waals surface area contributed by atoms with Gasteiger partial charge in [0.2, 0.25) is 0 Å². The van der Waals surface area contributed by atoms with Gasteiger partial charge >= 0.3 is 5.97 Å². The minimum Gasteiger partial charge on any atom is -0.372 e. The van der Waals surface area contributed by atoms with Gasteiger partial charge in [-0.2, -0.15) is 0 Å². The van der Waals surface area contributed by atoms with Crippen LogP contribution in [0.2, 0.25) is 0 Å². The number of hydrogen-bond acceptors (Lipinski definition) is 4. The van der Waals surface area contributed by atoms with Crippen molar-refractivity contribution < 1.29 is 9.63 Å². The second kappa shape index (κ2) is 11.6. The number of oxime groups is 1. The average Bonchev–Trinajstić information content (AvgIpc) is 3.52. The molecule has 5 heteroatoms. The molecule has 0 bridgehead atoms. The predicted octanol–water partition coefficient (Wildman–Crippen LogP) is 6.90. The van der Waals surface area contributed by atoms with E-state index in [1.807, 2.05) is 60.7 Å². The molecule has 2 heterocycles. The maximum absolute atomic E-state index is 12.6. The van der Waals surface area contributed by atoms with Gasteiger partial charge in [-0.05, 0) is 61.4 Å². The van der Waals surface area contributed by atoms with Gasteiger partial charge in [-0.3, -0.25) is 0 Å². The first-order valence-electron chi connectivity index (χ1n) is 13.0. The number of nitrogens with zero attached hydrogens (tertiary/aromatic N) is 3. The van der Waals surface area contributed by atoms with E-state index in [1.54, 1.807) is 0 Å². The Morgan fingerprint density at radius 3 is 2.13 bits per heavy atom. The van der Waals surface area contributed by atoms with E-state index in [2.05, 4.69) is 83.1 Å². The van der Waals surface area contributed by atoms with Crippen molar-refractivity contribution in [1.82, 2.24) is 4.57 Å². The van der Waals surface area contributed by atoms with E-state index in [0.717, 1.165) is 35.6 Å². The minimum atomic E-state index is -0.443. The fourth-order valence-electron chi connectivity index (χ4n) is 4.65. The van der Waals surface area contributed by atoms with Crippen molar-refractivity contribution >= 4 is 35.6 Å². The predicted molar refractivity (Wildman–Crippen MR) is 156 cm³/mol. The topological polar surface area (TPSA) is 46.8 Å². The molecule has 1 aliphatic rings. The molecule has 0 saturated heterocycles. The monoisotopic (exact) mass is 501 g/mol. The lowest BCUT2D eigenvalue weighted by Crippen LogP contribution is -2.21. The van der Waals surface area contributed by atoms with Gasteiger partial charge in [0.25, 0.3) is 0 Å². The van der Waals surface area contributed by atoms with Crippen LogP contribution in [-0.2, 0) is 16.2 Å². The number of carbonyl (C=O) groups is 1. The summed E-state index contributed by atoms with van der Waals surface area (Å²) in [5.41, 5.74) is 7.33.